The van der Waals surface area contributed by atoms with Crippen LogP contribution in [-0.4, -0.2) is 9.85 Å². The van der Waals surface area contributed by atoms with Crippen LogP contribution in [-0.2, 0) is 0 Å². The van der Waals surface area contributed by atoms with E-state index in [1.54, 1.807) is 6.07 Å². The van der Waals surface area contributed by atoms with Crippen LogP contribution in [0.2, 0.25) is 0 Å². The Hall–Kier alpha value is -1.45. The van der Waals surface area contributed by atoms with Gasteiger partial charge >= 0.3 is 5.69 Å². The molecule has 4 heteroatoms. The molecule has 1 radical (unpaired) electrons. The summed E-state index contributed by atoms with van der Waals surface area (Å²) in [6.45, 7) is 0. The van der Waals surface area contributed by atoms with Crippen LogP contribution in [0.5, 0.6) is 0 Å². The first-order valence-electron chi connectivity index (χ1n) is 2.35. The van der Waals surface area contributed by atoms with E-state index in [0.29, 0.717) is 0 Å². The summed E-state index contributed by atoms with van der Waals surface area (Å²) in [7, 11) is 0. The van der Waals surface area contributed by atoms with Gasteiger partial charge in [0, 0.05) is 12.3 Å². The van der Waals surface area contributed by atoms with Gasteiger partial charge in [-0.2, -0.15) is 5.84 Å². The summed E-state index contributed by atoms with van der Waals surface area (Å²) in [4.78, 5) is 14.0. The summed E-state index contributed by atoms with van der Waals surface area (Å²) in [6, 6.07) is 3.14. The third-order valence-electron chi connectivity index (χ3n) is 0.831. The van der Waals surface area contributed by atoms with Crippen LogP contribution in [0.1, 0.15) is 0 Å². The van der Waals surface area contributed by atoms with Crippen molar-refractivity contribution in [3.63, 3.8) is 0 Å². The minimum absolute atomic E-state index is 0.215. The number of nitroso groups, excluding NO2 is 1. The maximum Gasteiger partial charge on any atom is 0.319 e. The Bertz CT molecular complexity index is 209. The van der Waals surface area contributed by atoms with Crippen molar-refractivity contribution in [1.82, 2.24) is 4.98 Å². The van der Waals surface area contributed by atoms with Crippen molar-refractivity contribution in [2.45, 2.75) is 0 Å². The minimum atomic E-state index is 0.215. The molecule has 0 aliphatic heterocycles. The van der Waals surface area contributed by atoms with Crippen LogP contribution in [0, 0.1) is 11.1 Å². The number of nitrogens with two attached hydrogens (primary N) is 1. The Morgan fingerprint density at radius 2 is 2.56 bits per heavy atom. The van der Waals surface area contributed by atoms with Crippen molar-refractivity contribution in [2.75, 3.05) is 0 Å². The predicted molar refractivity (Wildman–Crippen MR) is 30.5 cm³/mol. The van der Waals surface area contributed by atoms with Crippen molar-refractivity contribution in [1.29, 1.82) is 0 Å². The molecule has 0 amide bonds. The SMILES string of the molecule is N[N+](=O)c1[c]nccc1. The number of pyridine rings is 1. The molecule has 2 N–H and O–H groups in total. The van der Waals surface area contributed by atoms with Crippen LogP contribution in [0.15, 0.2) is 18.3 Å². The maximum absolute atomic E-state index is 10.3. The van der Waals surface area contributed by atoms with Gasteiger partial charge in [-0.15, -0.1) is 0 Å². The number of hydrazine groups is 1. The zero-order valence-electron chi connectivity index (χ0n) is 4.61. The van der Waals surface area contributed by atoms with Gasteiger partial charge in [-0.1, -0.05) is 0 Å². The number of hydrogen-bond acceptors (Lipinski definition) is 2. The fourth-order valence-electron chi connectivity index (χ4n) is 0.441. The predicted octanol–water partition coefficient (Wildman–Crippen LogP) is 0.166. The second kappa shape index (κ2) is 2.21. The third kappa shape index (κ3) is 1.22. The van der Waals surface area contributed by atoms with Crippen LogP contribution >= 0.6 is 0 Å². The molecule has 4 nitrogen and oxygen atoms in total. The molecule has 0 saturated carbocycles. The van der Waals surface area contributed by atoms with Gasteiger partial charge in [-0.25, -0.2) is 4.98 Å². The average Bonchev–Trinajstić information content (AvgIpc) is 1.90. The highest BCUT2D eigenvalue weighted by molar-refractivity contribution is 5.21. The fourth-order valence-corrected chi connectivity index (χ4v) is 0.441. The molecule has 0 saturated heterocycles. The lowest BCUT2D eigenvalue weighted by Crippen LogP contribution is -2.08. The molecule has 0 unspecified atom stereocenters. The molecular formula is C5H5N3O+. The van der Waals surface area contributed by atoms with Gasteiger partial charge in [-0.3, -0.25) is 0 Å². The summed E-state index contributed by atoms with van der Waals surface area (Å²) in [6.07, 6.45) is 3.93. The minimum Gasteiger partial charge on any atom is -0.247 e. The number of hydrogen-bond donors (Lipinski definition) is 1. The van der Waals surface area contributed by atoms with E-state index in [9.17, 15) is 4.91 Å². The molecule has 0 fully saturated rings. The summed E-state index contributed by atoms with van der Waals surface area (Å²) in [5.41, 5.74) is 0.234. The highest BCUT2D eigenvalue weighted by atomic mass is 16.3. The normalized spacial score (nSPS) is 8.89. The molecule has 1 aromatic rings. The zero-order valence-corrected chi connectivity index (χ0v) is 4.61. The van der Waals surface area contributed by atoms with Gasteiger partial charge in [-0.05, 0) is 6.07 Å². The molecule has 0 atom stereocenters. The van der Waals surface area contributed by atoms with E-state index in [4.69, 9.17) is 5.84 Å². The second-order valence-corrected chi connectivity index (χ2v) is 1.46. The molecule has 45 valence electrons. The number of rotatable bonds is 1. The summed E-state index contributed by atoms with van der Waals surface area (Å²) < 4.78 is 0. The molecule has 1 aromatic heterocycles. The molecule has 0 bridgehead atoms. The first kappa shape index (κ1) is 5.68. The van der Waals surface area contributed by atoms with Gasteiger partial charge in [0.05, 0.1) is 4.91 Å². The number of nitrogens with zero attached hydrogens (tertiary/aromatic N) is 2. The van der Waals surface area contributed by atoms with Gasteiger partial charge in [0.15, 0.2) is 11.1 Å². The van der Waals surface area contributed by atoms with Gasteiger partial charge in [0.2, 0.25) is 0 Å². The smallest absolute Gasteiger partial charge is 0.247 e. The van der Waals surface area contributed by atoms with Crippen LogP contribution in [0.25, 0.3) is 0 Å². The molecular weight excluding hydrogens is 118 g/mol. The van der Waals surface area contributed by atoms with Crippen molar-refractivity contribution >= 4 is 5.69 Å². The largest absolute Gasteiger partial charge is 0.319 e. The van der Waals surface area contributed by atoms with Crippen LogP contribution in [0.3, 0.4) is 0 Å². The Kier molecular flexibility index (Phi) is 1.40. The summed E-state index contributed by atoms with van der Waals surface area (Å²) in [5.74, 6) is 4.82. The van der Waals surface area contributed by atoms with Crippen LogP contribution < -0.4 is 5.84 Å². The van der Waals surface area contributed by atoms with Gasteiger partial charge in [0.25, 0.3) is 0 Å². The van der Waals surface area contributed by atoms with E-state index in [2.05, 4.69) is 11.2 Å². The molecule has 1 rings (SSSR count). The molecule has 0 aliphatic rings. The van der Waals surface area contributed by atoms with E-state index < -0.39 is 0 Å². The number of aromatic nitrogens is 1. The lowest BCUT2D eigenvalue weighted by Gasteiger charge is -1.79. The van der Waals surface area contributed by atoms with E-state index >= 15 is 0 Å². The fraction of sp³-hybridized carbons (Fsp3) is 0. The maximum atomic E-state index is 10.3. The van der Waals surface area contributed by atoms with Crippen molar-refractivity contribution in [3.8, 4) is 0 Å². The molecule has 1 heterocycles. The zero-order chi connectivity index (χ0) is 6.69. The van der Waals surface area contributed by atoms with Crippen LogP contribution in [0.4, 0.5) is 5.69 Å². The van der Waals surface area contributed by atoms with Gasteiger partial charge in [0.1, 0.15) is 0 Å². The van der Waals surface area contributed by atoms with Crippen molar-refractivity contribution in [3.05, 3.63) is 29.4 Å². The average molecular weight is 123 g/mol. The summed E-state index contributed by atoms with van der Waals surface area (Å²) >= 11 is 0. The standard InChI is InChI=1S/C5H5N3O/c6-8(9)5-2-1-3-7-4-5/h1-3H,(H2,6,9)/q+1. The summed E-state index contributed by atoms with van der Waals surface area (Å²) in [5, 5.41) is 0. The Morgan fingerprint density at radius 3 is 2.89 bits per heavy atom. The van der Waals surface area contributed by atoms with E-state index in [0.717, 1.165) is 0 Å². The highest BCUT2D eigenvalue weighted by Crippen LogP contribution is 2.01. The quantitative estimate of drug-likeness (QED) is 0.329. The van der Waals surface area contributed by atoms with E-state index in [-0.39, 0.29) is 10.6 Å². The first-order chi connectivity index (χ1) is 4.30. The lowest BCUT2D eigenvalue weighted by atomic mass is 10.4. The van der Waals surface area contributed by atoms with Crippen molar-refractivity contribution in [2.24, 2.45) is 5.84 Å². The lowest BCUT2D eigenvalue weighted by molar-refractivity contribution is -0.475. The molecule has 0 spiro atoms. The van der Waals surface area contributed by atoms with E-state index in [1.165, 1.54) is 12.3 Å². The van der Waals surface area contributed by atoms with Gasteiger partial charge < -0.3 is 0 Å². The Labute approximate surface area is 51.9 Å². The second-order valence-electron chi connectivity index (χ2n) is 1.46. The monoisotopic (exact) mass is 123 g/mol. The van der Waals surface area contributed by atoms with Crippen molar-refractivity contribution < 1.29 is 4.87 Å². The molecule has 0 aliphatic carbocycles. The molecule has 9 heavy (non-hydrogen) atoms. The Morgan fingerprint density at radius 1 is 1.78 bits per heavy atom. The van der Waals surface area contributed by atoms with E-state index in [1.807, 2.05) is 0 Å². The Balaban J connectivity index is 2.98. The topological polar surface area (TPSA) is 59.0 Å². The third-order valence-corrected chi connectivity index (χ3v) is 0.831. The molecule has 0 aromatic carbocycles. The first-order valence-corrected chi connectivity index (χ1v) is 2.35. The highest BCUT2D eigenvalue weighted by Gasteiger charge is 2.05.